The summed E-state index contributed by atoms with van der Waals surface area (Å²) >= 11 is 5.84. The summed E-state index contributed by atoms with van der Waals surface area (Å²) in [6.45, 7) is 0.252. The van der Waals surface area contributed by atoms with Crippen molar-refractivity contribution >= 4 is 23.2 Å². The minimum atomic E-state index is -0.859. The smallest absolute Gasteiger partial charge is 0.320 e. The second-order valence-electron chi connectivity index (χ2n) is 5.20. The van der Waals surface area contributed by atoms with E-state index < -0.39 is 12.0 Å². The SMILES string of the molecule is O=C(O)C(NCc1cc(=O)n2cc(Cl)ccc2n1)C1CC1. The van der Waals surface area contributed by atoms with E-state index in [1.165, 1.54) is 16.7 Å². The first-order valence-electron chi connectivity index (χ1n) is 6.68. The maximum Gasteiger partial charge on any atom is 0.320 e. The van der Waals surface area contributed by atoms with Gasteiger partial charge in [0.2, 0.25) is 0 Å². The highest BCUT2D eigenvalue weighted by Gasteiger charge is 2.35. The average molecular weight is 308 g/mol. The third kappa shape index (κ3) is 3.06. The van der Waals surface area contributed by atoms with Gasteiger partial charge in [0.05, 0.1) is 10.7 Å². The van der Waals surface area contributed by atoms with E-state index >= 15 is 0 Å². The maximum absolute atomic E-state index is 12.0. The molecule has 1 aliphatic carbocycles. The monoisotopic (exact) mass is 307 g/mol. The van der Waals surface area contributed by atoms with Crippen LogP contribution in [0.1, 0.15) is 18.5 Å². The van der Waals surface area contributed by atoms with E-state index in [1.807, 2.05) is 0 Å². The van der Waals surface area contributed by atoms with Gasteiger partial charge in [-0.1, -0.05) is 11.6 Å². The fourth-order valence-electron chi connectivity index (χ4n) is 2.32. The molecule has 0 saturated heterocycles. The van der Waals surface area contributed by atoms with Crippen LogP contribution in [0.5, 0.6) is 0 Å². The highest BCUT2D eigenvalue weighted by molar-refractivity contribution is 6.30. The molecule has 0 aromatic carbocycles. The van der Waals surface area contributed by atoms with Gasteiger partial charge in [0.25, 0.3) is 5.56 Å². The normalized spacial score (nSPS) is 16.0. The number of fused-ring (bicyclic) bond motifs is 1. The number of halogens is 1. The Bertz CT molecular complexity index is 755. The lowest BCUT2D eigenvalue weighted by Gasteiger charge is -2.13. The molecule has 1 aliphatic rings. The topological polar surface area (TPSA) is 83.7 Å². The number of pyridine rings is 1. The summed E-state index contributed by atoms with van der Waals surface area (Å²) in [6.07, 6.45) is 3.36. The molecule has 0 bridgehead atoms. The van der Waals surface area contributed by atoms with Gasteiger partial charge in [-0.25, -0.2) is 4.98 Å². The highest BCUT2D eigenvalue weighted by atomic mass is 35.5. The molecule has 6 nitrogen and oxygen atoms in total. The van der Waals surface area contributed by atoms with E-state index in [4.69, 9.17) is 16.7 Å². The predicted molar refractivity (Wildman–Crippen MR) is 77.5 cm³/mol. The van der Waals surface area contributed by atoms with Gasteiger partial charge in [-0.15, -0.1) is 0 Å². The first-order valence-corrected chi connectivity index (χ1v) is 7.06. The Balaban J connectivity index is 1.82. The van der Waals surface area contributed by atoms with Gasteiger partial charge in [0, 0.05) is 18.8 Å². The molecule has 0 amide bonds. The molecule has 0 spiro atoms. The van der Waals surface area contributed by atoms with Crippen LogP contribution in [0.2, 0.25) is 5.02 Å². The van der Waals surface area contributed by atoms with Crippen molar-refractivity contribution in [2.45, 2.75) is 25.4 Å². The summed E-state index contributed by atoms with van der Waals surface area (Å²) < 4.78 is 1.36. The molecule has 2 heterocycles. The van der Waals surface area contributed by atoms with Gasteiger partial charge in [0.15, 0.2) is 0 Å². The lowest BCUT2D eigenvalue weighted by Crippen LogP contribution is -2.38. The third-order valence-corrected chi connectivity index (χ3v) is 3.76. The molecule has 110 valence electrons. The van der Waals surface area contributed by atoms with Gasteiger partial charge in [-0.3, -0.25) is 19.3 Å². The van der Waals surface area contributed by atoms with E-state index in [1.54, 1.807) is 12.1 Å². The zero-order valence-corrected chi connectivity index (χ0v) is 11.9. The van der Waals surface area contributed by atoms with E-state index in [-0.39, 0.29) is 18.0 Å². The van der Waals surface area contributed by atoms with Gasteiger partial charge in [-0.05, 0) is 30.9 Å². The van der Waals surface area contributed by atoms with Crippen LogP contribution in [-0.2, 0) is 11.3 Å². The van der Waals surface area contributed by atoms with Crippen molar-refractivity contribution in [2.24, 2.45) is 5.92 Å². The summed E-state index contributed by atoms with van der Waals surface area (Å²) in [7, 11) is 0. The van der Waals surface area contributed by atoms with Crippen LogP contribution in [0, 0.1) is 5.92 Å². The van der Waals surface area contributed by atoms with E-state index in [9.17, 15) is 9.59 Å². The average Bonchev–Trinajstić information content (AvgIpc) is 3.24. The van der Waals surface area contributed by atoms with Crippen LogP contribution in [0.15, 0.2) is 29.2 Å². The quantitative estimate of drug-likeness (QED) is 0.870. The van der Waals surface area contributed by atoms with Crippen molar-refractivity contribution in [2.75, 3.05) is 0 Å². The van der Waals surface area contributed by atoms with Crippen LogP contribution in [0.3, 0.4) is 0 Å². The van der Waals surface area contributed by atoms with Crippen molar-refractivity contribution in [3.63, 3.8) is 0 Å². The molecule has 2 N–H and O–H groups in total. The number of aliphatic carboxylic acids is 1. The largest absolute Gasteiger partial charge is 0.480 e. The maximum atomic E-state index is 12.0. The fraction of sp³-hybridized carbons (Fsp3) is 0.357. The summed E-state index contributed by atoms with van der Waals surface area (Å²) in [5, 5.41) is 12.6. The van der Waals surface area contributed by atoms with Crippen LogP contribution >= 0.6 is 11.6 Å². The van der Waals surface area contributed by atoms with Crippen molar-refractivity contribution in [3.05, 3.63) is 45.5 Å². The minimum absolute atomic E-state index is 0.183. The van der Waals surface area contributed by atoms with E-state index in [0.29, 0.717) is 16.4 Å². The number of hydrogen-bond acceptors (Lipinski definition) is 4. The fourth-order valence-corrected chi connectivity index (χ4v) is 2.48. The Morgan fingerprint density at radius 1 is 1.52 bits per heavy atom. The Morgan fingerprint density at radius 2 is 2.29 bits per heavy atom. The summed E-state index contributed by atoms with van der Waals surface area (Å²) in [5.74, 6) is -0.676. The number of carbonyl (C=O) groups is 1. The lowest BCUT2D eigenvalue weighted by molar-refractivity contribution is -0.140. The van der Waals surface area contributed by atoms with Crippen LogP contribution in [-0.4, -0.2) is 26.5 Å². The van der Waals surface area contributed by atoms with Crippen LogP contribution in [0.25, 0.3) is 5.65 Å². The Kier molecular flexibility index (Phi) is 3.65. The summed E-state index contributed by atoms with van der Waals surface area (Å²) in [6, 6.07) is 4.13. The number of aromatic nitrogens is 2. The number of carboxylic acid groups (broad SMARTS) is 1. The van der Waals surface area contributed by atoms with E-state index in [2.05, 4.69) is 10.3 Å². The zero-order chi connectivity index (χ0) is 15.0. The van der Waals surface area contributed by atoms with Crippen LogP contribution < -0.4 is 10.9 Å². The number of carboxylic acids is 1. The molecular weight excluding hydrogens is 294 g/mol. The first-order chi connectivity index (χ1) is 10.0. The lowest BCUT2D eigenvalue weighted by atomic mass is 10.2. The molecule has 1 saturated carbocycles. The minimum Gasteiger partial charge on any atom is -0.480 e. The van der Waals surface area contributed by atoms with Gasteiger partial charge < -0.3 is 5.11 Å². The van der Waals surface area contributed by atoms with E-state index in [0.717, 1.165) is 12.8 Å². The number of hydrogen-bond donors (Lipinski definition) is 2. The number of nitrogens with one attached hydrogen (secondary N) is 1. The summed E-state index contributed by atoms with van der Waals surface area (Å²) in [4.78, 5) is 27.5. The predicted octanol–water partition coefficient (Wildman–Crippen LogP) is 1.30. The summed E-state index contributed by atoms with van der Waals surface area (Å²) in [5.41, 5.74) is 0.772. The molecule has 21 heavy (non-hydrogen) atoms. The highest BCUT2D eigenvalue weighted by Crippen LogP contribution is 2.32. The molecule has 2 aromatic heterocycles. The molecule has 0 aliphatic heterocycles. The van der Waals surface area contributed by atoms with Gasteiger partial charge in [-0.2, -0.15) is 0 Å². The number of nitrogens with zero attached hydrogens (tertiary/aromatic N) is 2. The zero-order valence-electron chi connectivity index (χ0n) is 11.1. The molecule has 2 aromatic rings. The Hall–Kier alpha value is -1.92. The molecule has 0 radical (unpaired) electrons. The van der Waals surface area contributed by atoms with Crippen molar-refractivity contribution in [1.29, 1.82) is 0 Å². The van der Waals surface area contributed by atoms with Crippen molar-refractivity contribution < 1.29 is 9.90 Å². The Labute approximate surface area is 125 Å². The second kappa shape index (κ2) is 5.46. The number of rotatable bonds is 5. The van der Waals surface area contributed by atoms with Crippen molar-refractivity contribution in [3.8, 4) is 0 Å². The molecule has 1 fully saturated rings. The third-order valence-electron chi connectivity index (χ3n) is 3.54. The molecule has 1 atom stereocenters. The van der Waals surface area contributed by atoms with Crippen LogP contribution in [0.4, 0.5) is 0 Å². The molecular formula is C14H14ClN3O3. The molecule has 7 heteroatoms. The van der Waals surface area contributed by atoms with Gasteiger partial charge >= 0.3 is 5.97 Å². The Morgan fingerprint density at radius 3 is 2.95 bits per heavy atom. The standard InChI is InChI=1S/C14H14ClN3O3/c15-9-3-4-11-17-10(5-12(19)18(11)7-9)6-16-13(14(20)21)8-1-2-8/h3-5,7-8,13,16H,1-2,6H2,(H,20,21). The van der Waals surface area contributed by atoms with Gasteiger partial charge in [0.1, 0.15) is 11.7 Å². The van der Waals surface area contributed by atoms with Crippen molar-refractivity contribution in [1.82, 2.24) is 14.7 Å². The molecule has 3 rings (SSSR count). The second-order valence-corrected chi connectivity index (χ2v) is 5.63. The first kappa shape index (κ1) is 14.0. The molecule has 1 unspecified atom stereocenters.